The molecule has 3 rings (SSSR count). The third-order valence-electron chi connectivity index (χ3n) is 3.92. The molecule has 1 amide bonds. The Labute approximate surface area is 119 Å². The molecule has 1 aromatic heterocycles. The molecule has 3 heterocycles. The first kappa shape index (κ1) is 13.4. The summed E-state index contributed by atoms with van der Waals surface area (Å²) in [5.74, 6) is 0.844. The van der Waals surface area contributed by atoms with Crippen LogP contribution >= 0.6 is 0 Å². The number of carbonyl (C=O) groups is 1. The Morgan fingerprint density at radius 1 is 1.50 bits per heavy atom. The quantitative estimate of drug-likeness (QED) is 0.906. The molecular weight excluding hydrogens is 256 g/mol. The minimum atomic E-state index is 0.0260. The molecule has 1 aromatic rings. The number of imidazole rings is 1. The predicted octanol–water partition coefficient (Wildman–Crippen LogP) is 1.34. The van der Waals surface area contributed by atoms with Crippen molar-refractivity contribution in [3.63, 3.8) is 0 Å². The minimum Gasteiger partial charge on any atom is -0.377 e. The summed E-state index contributed by atoms with van der Waals surface area (Å²) in [6.45, 7) is 6.05. The number of rotatable bonds is 3. The average Bonchev–Trinajstić information content (AvgIpc) is 2.91. The third-order valence-corrected chi connectivity index (χ3v) is 3.92. The number of nitrogens with one attached hydrogen (secondary N) is 1. The fourth-order valence-corrected chi connectivity index (χ4v) is 2.94. The first-order chi connectivity index (χ1) is 9.78. The molecule has 6 heteroatoms. The number of piperidine rings is 1. The van der Waals surface area contributed by atoms with Gasteiger partial charge in [0.25, 0.3) is 5.91 Å². The number of nitrogens with zero attached hydrogens (tertiary/aromatic N) is 3. The zero-order valence-electron chi connectivity index (χ0n) is 12.0. The maximum atomic E-state index is 12.5. The molecule has 1 atom stereocenters. The van der Waals surface area contributed by atoms with E-state index in [-0.39, 0.29) is 12.0 Å². The summed E-state index contributed by atoms with van der Waals surface area (Å²) in [6.07, 6.45) is 5.16. The van der Waals surface area contributed by atoms with Crippen LogP contribution in [0.4, 0.5) is 5.95 Å². The molecule has 0 aromatic carbocycles. The van der Waals surface area contributed by atoms with Gasteiger partial charge < -0.3 is 19.5 Å². The highest BCUT2D eigenvalue weighted by atomic mass is 16.5. The van der Waals surface area contributed by atoms with Gasteiger partial charge in [-0.15, -0.1) is 0 Å². The van der Waals surface area contributed by atoms with Crippen LogP contribution in [0.25, 0.3) is 0 Å². The summed E-state index contributed by atoms with van der Waals surface area (Å²) in [7, 11) is 0. The van der Waals surface area contributed by atoms with E-state index in [2.05, 4.69) is 10.3 Å². The van der Waals surface area contributed by atoms with Crippen LogP contribution in [-0.2, 0) is 11.3 Å². The van der Waals surface area contributed by atoms with E-state index >= 15 is 0 Å². The van der Waals surface area contributed by atoms with E-state index in [9.17, 15) is 4.79 Å². The number of carbonyl (C=O) groups excluding carboxylic acids is 1. The van der Waals surface area contributed by atoms with E-state index in [4.69, 9.17) is 4.74 Å². The minimum absolute atomic E-state index is 0.0260. The van der Waals surface area contributed by atoms with Crippen LogP contribution < -0.4 is 5.32 Å². The number of amides is 1. The third kappa shape index (κ3) is 2.65. The predicted molar refractivity (Wildman–Crippen MR) is 75.9 cm³/mol. The van der Waals surface area contributed by atoms with Gasteiger partial charge in [0.2, 0.25) is 5.95 Å². The first-order valence-corrected chi connectivity index (χ1v) is 7.50. The second-order valence-electron chi connectivity index (χ2n) is 5.39. The maximum absolute atomic E-state index is 12.5. The van der Waals surface area contributed by atoms with Crippen molar-refractivity contribution in [2.45, 2.75) is 38.8 Å². The van der Waals surface area contributed by atoms with Gasteiger partial charge in [0.05, 0.1) is 6.10 Å². The van der Waals surface area contributed by atoms with E-state index in [0.717, 1.165) is 44.8 Å². The van der Waals surface area contributed by atoms with Crippen molar-refractivity contribution in [3.05, 3.63) is 11.9 Å². The van der Waals surface area contributed by atoms with Crippen molar-refractivity contribution in [1.82, 2.24) is 14.5 Å². The van der Waals surface area contributed by atoms with E-state index in [1.165, 1.54) is 0 Å². The molecule has 0 aliphatic carbocycles. The summed E-state index contributed by atoms with van der Waals surface area (Å²) in [4.78, 5) is 18.8. The lowest BCUT2D eigenvalue weighted by Gasteiger charge is -2.32. The normalized spacial score (nSPS) is 22.2. The molecule has 0 saturated carbocycles. The van der Waals surface area contributed by atoms with Crippen LogP contribution in [-0.4, -0.2) is 52.7 Å². The van der Waals surface area contributed by atoms with Crippen molar-refractivity contribution in [2.24, 2.45) is 0 Å². The van der Waals surface area contributed by atoms with Crippen LogP contribution in [0.1, 0.15) is 36.7 Å². The Morgan fingerprint density at radius 3 is 3.20 bits per heavy atom. The lowest BCUT2D eigenvalue weighted by Crippen LogP contribution is -2.43. The zero-order valence-corrected chi connectivity index (χ0v) is 12.0. The van der Waals surface area contributed by atoms with Crippen molar-refractivity contribution in [2.75, 3.05) is 31.6 Å². The molecule has 6 nitrogen and oxygen atoms in total. The molecule has 20 heavy (non-hydrogen) atoms. The van der Waals surface area contributed by atoms with Crippen LogP contribution in [0.2, 0.25) is 0 Å². The standard InChI is InChI=1S/C14H22N4O2/c1-2-20-11-5-3-7-17(9-11)13(19)12-10-18-8-4-6-15-14(18)16-12/h10-11H,2-9H2,1H3,(H,15,16). The Hall–Kier alpha value is -1.56. The monoisotopic (exact) mass is 278 g/mol. The Kier molecular flexibility index (Phi) is 3.91. The van der Waals surface area contributed by atoms with Crippen molar-refractivity contribution in [3.8, 4) is 0 Å². The van der Waals surface area contributed by atoms with E-state index in [0.29, 0.717) is 18.8 Å². The maximum Gasteiger partial charge on any atom is 0.274 e. The fraction of sp³-hybridized carbons (Fsp3) is 0.714. The summed E-state index contributed by atoms with van der Waals surface area (Å²) in [5, 5.41) is 3.23. The highest BCUT2D eigenvalue weighted by molar-refractivity contribution is 5.92. The highest BCUT2D eigenvalue weighted by Gasteiger charge is 2.27. The molecular formula is C14H22N4O2. The first-order valence-electron chi connectivity index (χ1n) is 7.50. The molecule has 1 fully saturated rings. The van der Waals surface area contributed by atoms with Gasteiger partial charge in [0.1, 0.15) is 5.69 Å². The number of likely N-dealkylation sites (tertiary alicyclic amines) is 1. The topological polar surface area (TPSA) is 59.4 Å². The van der Waals surface area contributed by atoms with Crippen LogP contribution in [0.5, 0.6) is 0 Å². The fourth-order valence-electron chi connectivity index (χ4n) is 2.94. The Bertz CT molecular complexity index is 460. The zero-order chi connectivity index (χ0) is 13.9. The van der Waals surface area contributed by atoms with Crippen molar-refractivity contribution in [1.29, 1.82) is 0 Å². The molecule has 2 aliphatic rings. The van der Waals surface area contributed by atoms with Gasteiger partial charge >= 0.3 is 0 Å². The molecule has 0 radical (unpaired) electrons. The lowest BCUT2D eigenvalue weighted by molar-refractivity contribution is 0.00705. The molecule has 2 aliphatic heterocycles. The van der Waals surface area contributed by atoms with E-state index in [1.807, 2.05) is 22.6 Å². The number of aromatic nitrogens is 2. The summed E-state index contributed by atoms with van der Waals surface area (Å²) < 4.78 is 7.68. The summed E-state index contributed by atoms with van der Waals surface area (Å²) in [6, 6.07) is 0. The Balaban J connectivity index is 1.70. The molecule has 1 saturated heterocycles. The second kappa shape index (κ2) is 5.83. The van der Waals surface area contributed by atoms with Crippen LogP contribution in [0.3, 0.4) is 0 Å². The van der Waals surface area contributed by atoms with Crippen LogP contribution in [0.15, 0.2) is 6.20 Å². The number of hydrogen-bond acceptors (Lipinski definition) is 4. The summed E-state index contributed by atoms with van der Waals surface area (Å²) >= 11 is 0. The van der Waals surface area contributed by atoms with Crippen molar-refractivity contribution >= 4 is 11.9 Å². The molecule has 0 spiro atoms. The lowest BCUT2D eigenvalue weighted by atomic mass is 10.1. The Morgan fingerprint density at radius 2 is 2.40 bits per heavy atom. The molecule has 1 unspecified atom stereocenters. The van der Waals surface area contributed by atoms with Gasteiger partial charge in [-0.05, 0) is 26.2 Å². The summed E-state index contributed by atoms with van der Waals surface area (Å²) in [5.41, 5.74) is 0.548. The van der Waals surface area contributed by atoms with E-state index < -0.39 is 0 Å². The van der Waals surface area contributed by atoms with Gasteiger partial charge in [0, 0.05) is 39.0 Å². The molecule has 110 valence electrons. The number of anilines is 1. The van der Waals surface area contributed by atoms with Crippen LogP contribution in [0, 0.1) is 0 Å². The SMILES string of the molecule is CCOC1CCCN(C(=O)c2cn3c(n2)NCCC3)C1. The number of aryl methyl sites for hydroxylation is 1. The van der Waals surface area contributed by atoms with Gasteiger partial charge in [0.15, 0.2) is 0 Å². The second-order valence-corrected chi connectivity index (χ2v) is 5.39. The molecule has 1 N–H and O–H groups in total. The van der Waals surface area contributed by atoms with Gasteiger partial charge in [-0.3, -0.25) is 4.79 Å². The van der Waals surface area contributed by atoms with E-state index in [1.54, 1.807) is 0 Å². The molecule has 0 bridgehead atoms. The number of ether oxygens (including phenoxy) is 1. The van der Waals surface area contributed by atoms with Gasteiger partial charge in [-0.2, -0.15) is 0 Å². The van der Waals surface area contributed by atoms with Gasteiger partial charge in [-0.1, -0.05) is 0 Å². The number of hydrogen-bond donors (Lipinski definition) is 1. The average molecular weight is 278 g/mol. The number of fused-ring (bicyclic) bond motifs is 1. The van der Waals surface area contributed by atoms with Crippen molar-refractivity contribution < 1.29 is 9.53 Å². The largest absolute Gasteiger partial charge is 0.377 e. The smallest absolute Gasteiger partial charge is 0.274 e. The highest BCUT2D eigenvalue weighted by Crippen LogP contribution is 2.19. The van der Waals surface area contributed by atoms with Gasteiger partial charge in [-0.25, -0.2) is 4.98 Å².